The van der Waals surface area contributed by atoms with E-state index in [1.165, 1.54) is 10.4 Å². The average Bonchev–Trinajstić information content (AvgIpc) is 2.81. The Balaban J connectivity index is 1.89. The lowest BCUT2D eigenvalue weighted by atomic mass is 9.88. The van der Waals surface area contributed by atoms with Crippen molar-refractivity contribution in [3.8, 4) is 0 Å². The smallest absolute Gasteiger partial charge is 0.307 e. The molecule has 0 saturated heterocycles. The maximum absolute atomic E-state index is 12.1. The Labute approximate surface area is 123 Å². The van der Waals surface area contributed by atoms with Crippen molar-refractivity contribution in [2.75, 3.05) is 13.2 Å². The topological polar surface area (TPSA) is 55.4 Å². The van der Waals surface area contributed by atoms with Gasteiger partial charge in [0, 0.05) is 16.8 Å². The van der Waals surface area contributed by atoms with E-state index in [1.807, 2.05) is 5.38 Å². The van der Waals surface area contributed by atoms with E-state index in [2.05, 4.69) is 12.2 Å². The quantitative estimate of drug-likeness (QED) is 0.849. The fourth-order valence-corrected chi connectivity index (χ4v) is 3.72. The molecular weight excluding hydrogens is 274 g/mol. The molecule has 0 fully saturated rings. The van der Waals surface area contributed by atoms with E-state index in [9.17, 15) is 9.59 Å². The van der Waals surface area contributed by atoms with Crippen LogP contribution in [0.4, 0.5) is 0 Å². The number of hydrogen-bond donors (Lipinski definition) is 1. The molecule has 110 valence electrons. The van der Waals surface area contributed by atoms with Crippen molar-refractivity contribution in [3.63, 3.8) is 0 Å². The second-order valence-electron chi connectivity index (χ2n) is 5.21. The summed E-state index contributed by atoms with van der Waals surface area (Å²) in [5, 5.41) is 4.75. The zero-order valence-electron chi connectivity index (χ0n) is 12.0. The van der Waals surface area contributed by atoms with Crippen molar-refractivity contribution >= 4 is 23.2 Å². The molecule has 1 amide bonds. The third kappa shape index (κ3) is 3.60. The van der Waals surface area contributed by atoms with Gasteiger partial charge in [-0.05, 0) is 37.7 Å². The minimum Gasteiger partial charge on any atom is -0.466 e. The Morgan fingerprint density at radius 3 is 3.05 bits per heavy atom. The third-order valence-corrected chi connectivity index (χ3v) is 4.62. The largest absolute Gasteiger partial charge is 0.466 e. The number of ether oxygens (including phenoxy) is 1. The van der Waals surface area contributed by atoms with E-state index >= 15 is 0 Å². The molecule has 0 spiro atoms. The number of carbonyl (C=O) groups is 2. The molecule has 1 aromatic heterocycles. The normalized spacial score (nSPS) is 17.4. The van der Waals surface area contributed by atoms with Gasteiger partial charge in [0.15, 0.2) is 0 Å². The first-order valence-electron chi connectivity index (χ1n) is 7.14. The van der Waals surface area contributed by atoms with Crippen molar-refractivity contribution in [2.45, 2.75) is 39.5 Å². The molecule has 0 radical (unpaired) electrons. The second-order valence-corrected chi connectivity index (χ2v) is 6.17. The summed E-state index contributed by atoms with van der Waals surface area (Å²) >= 11 is 1.68. The minimum atomic E-state index is -0.269. The first-order valence-corrected chi connectivity index (χ1v) is 8.02. The highest BCUT2D eigenvalue weighted by Crippen LogP contribution is 2.32. The zero-order chi connectivity index (χ0) is 14.5. The number of rotatable bonds is 5. The van der Waals surface area contributed by atoms with E-state index < -0.39 is 0 Å². The van der Waals surface area contributed by atoms with Gasteiger partial charge in [0.05, 0.1) is 18.6 Å². The van der Waals surface area contributed by atoms with Crippen LogP contribution in [-0.4, -0.2) is 25.0 Å². The van der Waals surface area contributed by atoms with Gasteiger partial charge in [-0.25, -0.2) is 0 Å². The molecule has 5 heteroatoms. The number of amides is 1. The predicted molar refractivity (Wildman–Crippen MR) is 79.1 cm³/mol. The SMILES string of the molecule is CCOC(=O)CCNC(=O)c1csc2c1CCC(C)C2. The maximum atomic E-state index is 12.1. The molecule has 20 heavy (non-hydrogen) atoms. The summed E-state index contributed by atoms with van der Waals surface area (Å²) in [4.78, 5) is 24.7. The van der Waals surface area contributed by atoms with Crippen LogP contribution in [-0.2, 0) is 22.4 Å². The van der Waals surface area contributed by atoms with Gasteiger partial charge >= 0.3 is 5.97 Å². The van der Waals surface area contributed by atoms with Crippen LogP contribution < -0.4 is 5.32 Å². The van der Waals surface area contributed by atoms with Crippen molar-refractivity contribution in [2.24, 2.45) is 5.92 Å². The molecule has 1 aromatic rings. The molecule has 1 aliphatic carbocycles. The lowest BCUT2D eigenvalue weighted by molar-refractivity contribution is -0.142. The molecule has 0 aromatic carbocycles. The fourth-order valence-electron chi connectivity index (χ4n) is 2.47. The summed E-state index contributed by atoms with van der Waals surface area (Å²) < 4.78 is 4.83. The highest BCUT2D eigenvalue weighted by atomic mass is 32.1. The van der Waals surface area contributed by atoms with E-state index in [4.69, 9.17) is 4.74 Å². The van der Waals surface area contributed by atoms with Crippen molar-refractivity contribution in [1.82, 2.24) is 5.32 Å². The second kappa shape index (κ2) is 6.88. The summed E-state index contributed by atoms with van der Waals surface area (Å²) in [5.74, 6) is 0.371. The monoisotopic (exact) mass is 295 g/mol. The van der Waals surface area contributed by atoms with Crippen LogP contribution in [0.5, 0.6) is 0 Å². The van der Waals surface area contributed by atoms with Gasteiger partial charge in [-0.1, -0.05) is 6.92 Å². The number of nitrogens with one attached hydrogen (secondary N) is 1. The first-order chi connectivity index (χ1) is 9.61. The van der Waals surface area contributed by atoms with Crippen molar-refractivity contribution in [3.05, 3.63) is 21.4 Å². The summed E-state index contributed by atoms with van der Waals surface area (Å²) in [5.41, 5.74) is 2.00. The molecule has 1 unspecified atom stereocenters. The Bertz CT molecular complexity index is 495. The zero-order valence-corrected chi connectivity index (χ0v) is 12.8. The maximum Gasteiger partial charge on any atom is 0.307 e. The molecule has 0 aliphatic heterocycles. The van der Waals surface area contributed by atoms with Crippen LogP contribution in [0, 0.1) is 5.92 Å². The van der Waals surface area contributed by atoms with Gasteiger partial charge in [0.2, 0.25) is 0 Å². The molecule has 1 heterocycles. The van der Waals surface area contributed by atoms with Crippen LogP contribution in [0.15, 0.2) is 5.38 Å². The molecule has 2 rings (SSSR count). The van der Waals surface area contributed by atoms with Gasteiger partial charge in [-0.3, -0.25) is 9.59 Å². The third-order valence-electron chi connectivity index (χ3n) is 3.57. The molecule has 1 aliphatic rings. The average molecular weight is 295 g/mol. The Morgan fingerprint density at radius 1 is 1.50 bits per heavy atom. The Kier molecular flexibility index (Phi) is 5.17. The molecule has 1 atom stereocenters. The fraction of sp³-hybridized carbons (Fsp3) is 0.600. The van der Waals surface area contributed by atoms with Crippen molar-refractivity contribution in [1.29, 1.82) is 0 Å². The standard InChI is InChI=1S/C15H21NO3S/c1-3-19-14(17)6-7-16-15(18)12-9-20-13-8-10(2)4-5-11(12)13/h9-10H,3-8H2,1-2H3,(H,16,18). The van der Waals surface area contributed by atoms with Crippen LogP contribution in [0.25, 0.3) is 0 Å². The summed E-state index contributed by atoms with van der Waals surface area (Å²) in [6, 6.07) is 0. The van der Waals surface area contributed by atoms with Crippen LogP contribution in [0.1, 0.15) is 47.5 Å². The van der Waals surface area contributed by atoms with Crippen LogP contribution in [0.2, 0.25) is 0 Å². The van der Waals surface area contributed by atoms with Crippen LogP contribution >= 0.6 is 11.3 Å². The molecule has 0 saturated carbocycles. The lowest BCUT2D eigenvalue weighted by Gasteiger charge is -2.18. The number of thiophene rings is 1. The van der Waals surface area contributed by atoms with Gasteiger partial charge < -0.3 is 10.1 Å². The summed E-state index contributed by atoms with van der Waals surface area (Å²) in [7, 11) is 0. The summed E-state index contributed by atoms with van der Waals surface area (Å²) in [6.07, 6.45) is 3.44. The number of carbonyl (C=O) groups excluding carboxylic acids is 2. The van der Waals surface area contributed by atoms with Gasteiger partial charge in [0.25, 0.3) is 5.91 Å². The molecule has 1 N–H and O–H groups in total. The van der Waals surface area contributed by atoms with E-state index in [-0.39, 0.29) is 18.3 Å². The number of esters is 1. The first kappa shape index (κ1) is 15.0. The minimum absolute atomic E-state index is 0.0682. The van der Waals surface area contributed by atoms with E-state index in [1.54, 1.807) is 18.3 Å². The van der Waals surface area contributed by atoms with Crippen molar-refractivity contribution < 1.29 is 14.3 Å². The van der Waals surface area contributed by atoms with Gasteiger partial charge in [-0.15, -0.1) is 11.3 Å². The predicted octanol–water partition coefficient (Wildman–Crippen LogP) is 2.56. The van der Waals surface area contributed by atoms with Gasteiger partial charge in [-0.2, -0.15) is 0 Å². The van der Waals surface area contributed by atoms with Gasteiger partial charge in [0.1, 0.15) is 0 Å². The molecule has 4 nitrogen and oxygen atoms in total. The Hall–Kier alpha value is -1.36. The highest BCUT2D eigenvalue weighted by molar-refractivity contribution is 7.10. The lowest BCUT2D eigenvalue weighted by Crippen LogP contribution is -2.27. The molecular formula is C15H21NO3S. The highest BCUT2D eigenvalue weighted by Gasteiger charge is 2.23. The Morgan fingerprint density at radius 2 is 2.30 bits per heavy atom. The number of fused-ring (bicyclic) bond motifs is 1. The summed E-state index contributed by atoms with van der Waals surface area (Å²) in [6.45, 7) is 4.73. The van der Waals surface area contributed by atoms with E-state index in [0.29, 0.717) is 19.1 Å². The van der Waals surface area contributed by atoms with E-state index in [0.717, 1.165) is 24.8 Å². The number of hydrogen-bond acceptors (Lipinski definition) is 4. The molecule has 0 bridgehead atoms. The van der Waals surface area contributed by atoms with Crippen LogP contribution in [0.3, 0.4) is 0 Å².